The largest absolute Gasteiger partial charge is 0.395 e. The van der Waals surface area contributed by atoms with Crippen molar-refractivity contribution in [3.05, 3.63) is 16.2 Å². The molecule has 1 rings (SSSR count). The Labute approximate surface area is 126 Å². The first-order chi connectivity index (χ1) is 9.88. The van der Waals surface area contributed by atoms with Crippen LogP contribution in [0.5, 0.6) is 0 Å². The highest BCUT2D eigenvalue weighted by Crippen LogP contribution is 2.37. The first kappa shape index (κ1) is 17.8. The molecule has 0 radical (unpaired) electrons. The van der Waals surface area contributed by atoms with Crippen molar-refractivity contribution in [2.24, 2.45) is 0 Å². The lowest BCUT2D eigenvalue weighted by Crippen LogP contribution is -2.35. The van der Waals surface area contributed by atoms with E-state index in [0.29, 0.717) is 0 Å². The quantitative estimate of drug-likeness (QED) is 0.491. The van der Waals surface area contributed by atoms with Crippen molar-refractivity contribution in [1.82, 2.24) is 4.31 Å². The van der Waals surface area contributed by atoms with E-state index in [1.54, 1.807) is 0 Å². The Hall–Kier alpha value is -1.27. The van der Waals surface area contributed by atoms with Crippen molar-refractivity contribution >= 4 is 32.0 Å². The molecule has 0 aliphatic rings. The van der Waals surface area contributed by atoms with Gasteiger partial charge in [0.2, 0.25) is 0 Å². The molecule has 0 bridgehead atoms. The van der Waals surface area contributed by atoms with E-state index in [0.717, 1.165) is 21.7 Å². The van der Waals surface area contributed by atoms with E-state index in [-0.39, 0.29) is 41.2 Å². The van der Waals surface area contributed by atoms with Gasteiger partial charge < -0.3 is 15.2 Å². The second-order valence-electron chi connectivity index (χ2n) is 3.91. The SMILES string of the molecule is CNc1sc(S(=O)(=O)N(CCO)CCOC)cc1[N+](=O)[O-]. The summed E-state index contributed by atoms with van der Waals surface area (Å²) in [5.74, 6) is 0. The number of nitro groups is 1. The highest BCUT2D eigenvalue weighted by molar-refractivity contribution is 7.91. The van der Waals surface area contributed by atoms with Gasteiger partial charge in [0.1, 0.15) is 4.21 Å². The summed E-state index contributed by atoms with van der Waals surface area (Å²) in [4.78, 5) is 10.2. The minimum atomic E-state index is -3.91. The third kappa shape index (κ3) is 4.11. The molecular weight excluding hydrogens is 322 g/mol. The fraction of sp³-hybridized carbons (Fsp3) is 0.600. The van der Waals surface area contributed by atoms with Gasteiger partial charge in [-0.1, -0.05) is 11.3 Å². The van der Waals surface area contributed by atoms with Gasteiger partial charge in [-0.05, 0) is 0 Å². The monoisotopic (exact) mass is 339 g/mol. The molecule has 0 spiro atoms. The van der Waals surface area contributed by atoms with Crippen LogP contribution in [0.4, 0.5) is 10.7 Å². The van der Waals surface area contributed by atoms with Gasteiger partial charge >= 0.3 is 5.69 Å². The molecule has 0 saturated heterocycles. The number of hydrogen-bond acceptors (Lipinski definition) is 8. The number of thiophene rings is 1. The average molecular weight is 339 g/mol. The third-order valence-corrected chi connectivity index (χ3v) is 6.09. The van der Waals surface area contributed by atoms with Crippen LogP contribution in [-0.2, 0) is 14.8 Å². The highest BCUT2D eigenvalue weighted by Gasteiger charge is 2.30. The summed E-state index contributed by atoms with van der Waals surface area (Å²) in [6, 6.07) is 1.02. The van der Waals surface area contributed by atoms with Crippen LogP contribution in [0.25, 0.3) is 0 Å². The Morgan fingerprint density at radius 2 is 2.19 bits per heavy atom. The van der Waals surface area contributed by atoms with Gasteiger partial charge in [0, 0.05) is 33.3 Å². The van der Waals surface area contributed by atoms with Gasteiger partial charge in [0.25, 0.3) is 10.0 Å². The summed E-state index contributed by atoms with van der Waals surface area (Å²) in [7, 11) is -1.01. The fourth-order valence-corrected chi connectivity index (χ4v) is 4.44. The summed E-state index contributed by atoms with van der Waals surface area (Å²) in [5, 5.41) is 22.6. The van der Waals surface area contributed by atoms with Crippen LogP contribution in [0, 0.1) is 10.1 Å². The molecule has 1 aromatic rings. The smallest absolute Gasteiger partial charge is 0.304 e. The number of hydrogen-bond donors (Lipinski definition) is 2. The predicted octanol–water partition coefficient (Wildman–Crippen LogP) is 0.327. The van der Waals surface area contributed by atoms with Gasteiger partial charge in [-0.2, -0.15) is 4.31 Å². The zero-order chi connectivity index (χ0) is 16.0. The number of sulfonamides is 1. The molecule has 0 aliphatic carbocycles. The van der Waals surface area contributed by atoms with E-state index < -0.39 is 14.9 Å². The summed E-state index contributed by atoms with van der Waals surface area (Å²) >= 11 is 0.778. The van der Waals surface area contributed by atoms with Crippen LogP contribution in [0.15, 0.2) is 10.3 Å². The number of ether oxygens (including phenoxy) is 1. The zero-order valence-corrected chi connectivity index (χ0v) is 13.2. The molecule has 11 heteroatoms. The maximum atomic E-state index is 12.5. The topological polar surface area (TPSA) is 122 Å². The third-order valence-electron chi connectivity index (χ3n) is 2.60. The molecule has 21 heavy (non-hydrogen) atoms. The maximum Gasteiger partial charge on any atom is 0.304 e. The lowest BCUT2D eigenvalue weighted by atomic mass is 10.5. The van der Waals surface area contributed by atoms with Crippen LogP contribution in [-0.4, -0.2) is 63.2 Å². The van der Waals surface area contributed by atoms with Gasteiger partial charge in [-0.3, -0.25) is 10.1 Å². The number of anilines is 1. The maximum absolute atomic E-state index is 12.5. The van der Waals surface area contributed by atoms with E-state index in [2.05, 4.69) is 5.32 Å². The minimum absolute atomic E-state index is 0.0555. The van der Waals surface area contributed by atoms with Crippen molar-refractivity contribution in [1.29, 1.82) is 0 Å². The lowest BCUT2D eigenvalue weighted by molar-refractivity contribution is -0.383. The van der Waals surface area contributed by atoms with Crippen molar-refractivity contribution in [2.75, 3.05) is 45.8 Å². The number of aliphatic hydroxyl groups is 1. The van der Waals surface area contributed by atoms with E-state index in [1.165, 1.54) is 14.2 Å². The Bertz CT molecular complexity index is 586. The lowest BCUT2D eigenvalue weighted by Gasteiger charge is -2.19. The van der Waals surface area contributed by atoms with Gasteiger partial charge in [0.05, 0.1) is 18.1 Å². The molecule has 9 nitrogen and oxygen atoms in total. The average Bonchev–Trinajstić information content (AvgIpc) is 2.88. The minimum Gasteiger partial charge on any atom is -0.395 e. The Kier molecular flexibility index (Phi) is 6.48. The number of aliphatic hydroxyl groups excluding tert-OH is 1. The van der Waals surface area contributed by atoms with Crippen LogP contribution < -0.4 is 5.32 Å². The van der Waals surface area contributed by atoms with Crippen molar-refractivity contribution in [2.45, 2.75) is 4.21 Å². The molecule has 1 heterocycles. The first-order valence-corrected chi connectivity index (χ1v) is 8.20. The standard InChI is InChI=1S/C10H17N3O6S2/c1-11-10-8(13(15)16)7-9(20-10)21(17,18)12(3-5-14)4-6-19-2/h7,11,14H,3-6H2,1-2H3. The van der Waals surface area contributed by atoms with E-state index >= 15 is 0 Å². The van der Waals surface area contributed by atoms with Crippen LogP contribution in [0.1, 0.15) is 0 Å². The van der Waals surface area contributed by atoms with E-state index in [9.17, 15) is 18.5 Å². The van der Waals surface area contributed by atoms with Crippen molar-refractivity contribution < 1.29 is 23.2 Å². The Morgan fingerprint density at radius 1 is 1.52 bits per heavy atom. The first-order valence-electron chi connectivity index (χ1n) is 5.94. The molecule has 0 fully saturated rings. The molecule has 1 aromatic heterocycles. The zero-order valence-electron chi connectivity index (χ0n) is 11.6. The molecule has 0 amide bonds. The molecular formula is C10H17N3O6S2. The molecule has 120 valence electrons. The second kappa shape index (κ2) is 7.66. The van der Waals surface area contributed by atoms with E-state index in [1.807, 2.05) is 0 Å². The summed E-state index contributed by atoms with van der Waals surface area (Å²) < 4.78 is 30.6. The Balaban J connectivity index is 3.18. The molecule has 0 aromatic carbocycles. The normalized spacial score (nSPS) is 11.8. The van der Waals surface area contributed by atoms with Gasteiger partial charge in [-0.15, -0.1) is 0 Å². The van der Waals surface area contributed by atoms with Crippen molar-refractivity contribution in [3.8, 4) is 0 Å². The van der Waals surface area contributed by atoms with E-state index in [4.69, 9.17) is 9.84 Å². The van der Waals surface area contributed by atoms with Gasteiger partial charge in [0.15, 0.2) is 5.00 Å². The number of nitrogens with zero attached hydrogens (tertiary/aromatic N) is 2. The fourth-order valence-electron chi connectivity index (χ4n) is 1.59. The Morgan fingerprint density at radius 3 is 2.62 bits per heavy atom. The number of nitrogens with one attached hydrogen (secondary N) is 1. The second-order valence-corrected chi connectivity index (χ2v) is 7.12. The van der Waals surface area contributed by atoms with Crippen LogP contribution >= 0.6 is 11.3 Å². The van der Waals surface area contributed by atoms with Crippen LogP contribution in [0.2, 0.25) is 0 Å². The molecule has 0 unspecified atom stereocenters. The molecule has 0 saturated carbocycles. The molecule has 2 N–H and O–H groups in total. The number of rotatable bonds is 9. The highest BCUT2D eigenvalue weighted by atomic mass is 32.2. The van der Waals surface area contributed by atoms with Gasteiger partial charge in [-0.25, -0.2) is 8.42 Å². The van der Waals surface area contributed by atoms with Crippen LogP contribution in [0.3, 0.4) is 0 Å². The summed E-state index contributed by atoms with van der Waals surface area (Å²) in [6.07, 6.45) is 0. The summed E-state index contributed by atoms with van der Waals surface area (Å²) in [6.45, 7) is -0.243. The predicted molar refractivity (Wildman–Crippen MR) is 78.2 cm³/mol. The van der Waals surface area contributed by atoms with Crippen molar-refractivity contribution in [3.63, 3.8) is 0 Å². The molecule has 0 aliphatic heterocycles. The number of methoxy groups -OCH3 is 1. The summed E-state index contributed by atoms with van der Waals surface area (Å²) in [5.41, 5.74) is -0.295. The molecule has 0 atom stereocenters.